The van der Waals surface area contributed by atoms with E-state index in [0.29, 0.717) is 33.8 Å². The number of amides is 1. The minimum atomic E-state index is -0.309. The van der Waals surface area contributed by atoms with Crippen LogP contribution in [0.5, 0.6) is 0 Å². The van der Waals surface area contributed by atoms with Crippen LogP contribution in [0.25, 0.3) is 11.7 Å². The maximum Gasteiger partial charge on any atom is 0.267 e. The van der Waals surface area contributed by atoms with Crippen molar-refractivity contribution < 1.29 is 14.6 Å². The zero-order chi connectivity index (χ0) is 20.3. The van der Waals surface area contributed by atoms with Gasteiger partial charge in [-0.05, 0) is 24.6 Å². The Morgan fingerprint density at radius 1 is 1.39 bits per heavy atom. The predicted octanol–water partition coefficient (Wildman–Crippen LogP) is 1.25. The van der Waals surface area contributed by atoms with Crippen LogP contribution in [0.1, 0.15) is 11.1 Å². The van der Waals surface area contributed by atoms with E-state index in [1.165, 1.54) is 15.4 Å². The Kier molecular flexibility index (Phi) is 6.45. The number of anilines is 1. The maximum absolute atomic E-state index is 13.1. The molecule has 8 nitrogen and oxygen atoms in total. The number of hydrogen-bond donors (Lipinski definition) is 2. The summed E-state index contributed by atoms with van der Waals surface area (Å²) in [5.74, 6) is 0.0407. The summed E-state index contributed by atoms with van der Waals surface area (Å²) in [5.41, 5.74) is 1.31. The number of aliphatic hydroxyl groups is 1. The topological polar surface area (TPSA) is 96.2 Å². The fraction of sp³-hybridized carbons (Fsp3) is 0.333. The Bertz CT molecular complexity index is 1020. The third-order valence-corrected chi connectivity index (χ3v) is 5.46. The lowest BCUT2D eigenvalue weighted by Crippen LogP contribution is -2.31. The molecular formula is C18H20N4O4S2. The summed E-state index contributed by atoms with van der Waals surface area (Å²) in [5, 5.41) is 12.1. The number of aryl methyl sites for hydroxylation is 1. The monoisotopic (exact) mass is 420 g/mol. The highest BCUT2D eigenvalue weighted by Crippen LogP contribution is 2.32. The van der Waals surface area contributed by atoms with Gasteiger partial charge in [0.05, 0.1) is 30.2 Å². The van der Waals surface area contributed by atoms with Gasteiger partial charge in [0, 0.05) is 19.9 Å². The number of nitrogens with zero attached hydrogens (tertiary/aromatic N) is 3. The van der Waals surface area contributed by atoms with Crippen molar-refractivity contribution >= 4 is 51.7 Å². The molecule has 10 heteroatoms. The molecule has 0 spiro atoms. The molecule has 0 aromatic carbocycles. The molecule has 0 atom stereocenters. The molecule has 0 radical (unpaired) electrons. The quantitative estimate of drug-likeness (QED) is 0.511. The average Bonchev–Trinajstić information content (AvgIpc) is 2.94. The van der Waals surface area contributed by atoms with E-state index >= 15 is 0 Å². The summed E-state index contributed by atoms with van der Waals surface area (Å²) in [6, 6.07) is 3.60. The molecule has 3 rings (SSSR count). The molecule has 28 heavy (non-hydrogen) atoms. The normalized spacial score (nSPS) is 15.8. The van der Waals surface area contributed by atoms with E-state index in [9.17, 15) is 9.59 Å². The Morgan fingerprint density at radius 2 is 2.18 bits per heavy atom. The lowest BCUT2D eigenvalue weighted by atomic mass is 10.2. The molecule has 2 aromatic rings. The second kappa shape index (κ2) is 8.82. The van der Waals surface area contributed by atoms with Crippen LogP contribution in [-0.4, -0.2) is 63.0 Å². The van der Waals surface area contributed by atoms with Crippen LogP contribution < -0.4 is 10.9 Å². The number of carbonyl (C=O) groups is 1. The first-order valence-corrected chi connectivity index (χ1v) is 9.80. The van der Waals surface area contributed by atoms with Crippen molar-refractivity contribution in [1.29, 1.82) is 0 Å². The van der Waals surface area contributed by atoms with E-state index in [-0.39, 0.29) is 30.2 Å². The van der Waals surface area contributed by atoms with Gasteiger partial charge in [0.2, 0.25) is 0 Å². The molecule has 1 aliphatic rings. The number of rotatable bonds is 7. The number of methoxy groups -OCH3 is 1. The van der Waals surface area contributed by atoms with Crippen molar-refractivity contribution in [3.8, 4) is 0 Å². The first kappa shape index (κ1) is 20.5. The van der Waals surface area contributed by atoms with E-state index < -0.39 is 0 Å². The van der Waals surface area contributed by atoms with E-state index in [4.69, 9.17) is 22.1 Å². The molecule has 0 aliphatic carbocycles. The molecule has 0 unspecified atom stereocenters. The number of thiocarbonyl (C=S) groups is 1. The average molecular weight is 421 g/mol. The van der Waals surface area contributed by atoms with Crippen LogP contribution in [0.2, 0.25) is 0 Å². The lowest BCUT2D eigenvalue weighted by molar-refractivity contribution is -0.122. The predicted molar refractivity (Wildman–Crippen MR) is 114 cm³/mol. The van der Waals surface area contributed by atoms with Gasteiger partial charge in [-0.25, -0.2) is 4.98 Å². The standard InChI is InChI=1S/C18H20N4O4S2/c1-11-3-4-14-20-15(19-5-7-23)12(16(24)22(14)10-11)9-13-17(25)21(6-8-26-2)18(27)28-13/h3-4,9-10,19,23H,5-8H2,1-2H3/b13-9-. The SMILES string of the molecule is COCCN1C(=O)/C(=C/c2c(NCCO)nc3ccc(C)cn3c2=O)SC1=S. The largest absolute Gasteiger partial charge is 0.395 e. The third kappa shape index (κ3) is 4.09. The van der Waals surface area contributed by atoms with Gasteiger partial charge >= 0.3 is 0 Å². The van der Waals surface area contributed by atoms with Crippen LogP contribution in [0.15, 0.2) is 28.0 Å². The van der Waals surface area contributed by atoms with E-state index in [0.717, 1.165) is 17.3 Å². The molecule has 148 valence electrons. The van der Waals surface area contributed by atoms with Gasteiger partial charge < -0.3 is 15.2 Å². The number of aromatic nitrogens is 2. The number of hydrogen-bond acceptors (Lipinski definition) is 8. The molecule has 2 aromatic heterocycles. The first-order chi connectivity index (χ1) is 13.5. The van der Waals surface area contributed by atoms with Gasteiger partial charge in [-0.1, -0.05) is 30.0 Å². The zero-order valence-electron chi connectivity index (χ0n) is 15.5. The van der Waals surface area contributed by atoms with Crippen LogP contribution in [0.3, 0.4) is 0 Å². The molecule has 1 saturated heterocycles. The number of ether oxygens (including phenoxy) is 1. The van der Waals surface area contributed by atoms with Crippen LogP contribution in [0.4, 0.5) is 5.82 Å². The third-order valence-electron chi connectivity index (χ3n) is 4.08. The summed E-state index contributed by atoms with van der Waals surface area (Å²) < 4.78 is 6.88. The van der Waals surface area contributed by atoms with Gasteiger partial charge in [-0.2, -0.15) is 0 Å². The fourth-order valence-corrected chi connectivity index (χ4v) is 3.99. The van der Waals surface area contributed by atoms with Gasteiger partial charge in [-0.15, -0.1) is 0 Å². The van der Waals surface area contributed by atoms with Crippen molar-refractivity contribution in [3.63, 3.8) is 0 Å². The van der Waals surface area contributed by atoms with Gasteiger partial charge in [0.1, 0.15) is 15.8 Å². The van der Waals surface area contributed by atoms with Crippen molar-refractivity contribution in [3.05, 3.63) is 44.7 Å². The van der Waals surface area contributed by atoms with Crippen LogP contribution >= 0.6 is 24.0 Å². The number of fused-ring (bicyclic) bond motifs is 1. The fourth-order valence-electron chi connectivity index (χ4n) is 2.70. The minimum Gasteiger partial charge on any atom is -0.395 e. The smallest absolute Gasteiger partial charge is 0.267 e. The molecule has 0 bridgehead atoms. The highest BCUT2D eigenvalue weighted by molar-refractivity contribution is 8.26. The highest BCUT2D eigenvalue weighted by atomic mass is 32.2. The summed E-state index contributed by atoms with van der Waals surface area (Å²) in [7, 11) is 1.55. The van der Waals surface area contributed by atoms with Crippen molar-refractivity contribution in [2.45, 2.75) is 6.92 Å². The van der Waals surface area contributed by atoms with Gasteiger partial charge in [-0.3, -0.25) is 18.9 Å². The Morgan fingerprint density at radius 3 is 2.89 bits per heavy atom. The molecule has 1 fully saturated rings. The Hall–Kier alpha value is -2.27. The van der Waals surface area contributed by atoms with Crippen molar-refractivity contribution in [1.82, 2.24) is 14.3 Å². The van der Waals surface area contributed by atoms with Crippen LogP contribution in [0, 0.1) is 6.92 Å². The van der Waals surface area contributed by atoms with Crippen LogP contribution in [-0.2, 0) is 9.53 Å². The summed E-state index contributed by atoms with van der Waals surface area (Å²) in [4.78, 5) is 32.0. The lowest BCUT2D eigenvalue weighted by Gasteiger charge is -2.13. The molecular weight excluding hydrogens is 400 g/mol. The summed E-state index contributed by atoms with van der Waals surface area (Å²) in [6.45, 7) is 2.70. The Balaban J connectivity index is 2.09. The van der Waals surface area contributed by atoms with E-state index in [1.807, 2.05) is 13.0 Å². The number of carbonyl (C=O) groups excluding carboxylic acids is 1. The second-order valence-corrected chi connectivity index (χ2v) is 7.77. The molecule has 0 saturated carbocycles. The molecule has 1 aliphatic heterocycles. The van der Waals surface area contributed by atoms with E-state index in [1.54, 1.807) is 19.4 Å². The number of pyridine rings is 1. The highest BCUT2D eigenvalue weighted by Gasteiger charge is 2.32. The molecule has 3 heterocycles. The summed E-state index contributed by atoms with van der Waals surface area (Å²) >= 11 is 6.42. The Labute approximate surface area is 171 Å². The maximum atomic E-state index is 13.1. The number of thioether (sulfide) groups is 1. The first-order valence-electron chi connectivity index (χ1n) is 8.58. The number of nitrogens with one attached hydrogen (secondary N) is 1. The molecule has 1 amide bonds. The zero-order valence-corrected chi connectivity index (χ0v) is 17.1. The van der Waals surface area contributed by atoms with Gasteiger partial charge in [0.15, 0.2) is 0 Å². The van der Waals surface area contributed by atoms with Gasteiger partial charge in [0.25, 0.3) is 11.5 Å². The van der Waals surface area contributed by atoms with Crippen molar-refractivity contribution in [2.75, 3.05) is 38.7 Å². The summed E-state index contributed by atoms with van der Waals surface area (Å²) in [6.07, 6.45) is 3.21. The van der Waals surface area contributed by atoms with E-state index in [2.05, 4.69) is 10.3 Å². The molecule has 2 N–H and O–H groups in total. The second-order valence-electron chi connectivity index (χ2n) is 6.09. The van der Waals surface area contributed by atoms with Crippen molar-refractivity contribution in [2.24, 2.45) is 0 Å². The minimum absolute atomic E-state index is 0.118. The number of aliphatic hydroxyl groups excluding tert-OH is 1.